The van der Waals surface area contributed by atoms with E-state index < -0.39 is 6.10 Å². The minimum Gasteiger partial charge on any atom is -0.495 e. The van der Waals surface area contributed by atoms with Crippen LogP contribution in [-0.2, 0) is 0 Å². The SMILES string of the molecule is CCN(CC)C(C)(C)C(O)c1ccc(Cl)c(OC)c1. The molecule has 0 aliphatic rings. The Balaban J connectivity index is 3.08. The Labute approximate surface area is 121 Å². The van der Waals surface area contributed by atoms with E-state index in [9.17, 15) is 5.11 Å². The topological polar surface area (TPSA) is 32.7 Å². The lowest BCUT2D eigenvalue weighted by Crippen LogP contribution is -2.48. The minimum atomic E-state index is -0.599. The van der Waals surface area contributed by atoms with Gasteiger partial charge < -0.3 is 9.84 Å². The van der Waals surface area contributed by atoms with Crippen molar-refractivity contribution in [3.63, 3.8) is 0 Å². The number of nitrogens with zero attached hydrogens (tertiary/aromatic N) is 1. The molecule has 1 rings (SSSR count). The fourth-order valence-corrected chi connectivity index (χ4v) is 2.66. The Kier molecular flexibility index (Phi) is 5.65. The Morgan fingerprint density at radius 3 is 2.37 bits per heavy atom. The largest absolute Gasteiger partial charge is 0.495 e. The van der Waals surface area contributed by atoms with Crippen molar-refractivity contribution in [2.75, 3.05) is 20.2 Å². The van der Waals surface area contributed by atoms with Crippen molar-refractivity contribution in [3.8, 4) is 5.75 Å². The molecule has 0 bridgehead atoms. The molecule has 0 fully saturated rings. The van der Waals surface area contributed by atoms with E-state index in [0.29, 0.717) is 10.8 Å². The fraction of sp³-hybridized carbons (Fsp3) is 0.600. The molecule has 0 spiro atoms. The summed E-state index contributed by atoms with van der Waals surface area (Å²) in [5.41, 5.74) is 0.473. The molecular formula is C15H24ClNO2. The summed E-state index contributed by atoms with van der Waals surface area (Å²) in [5.74, 6) is 0.591. The molecule has 1 unspecified atom stereocenters. The van der Waals surface area contributed by atoms with Gasteiger partial charge in [0.05, 0.1) is 18.2 Å². The van der Waals surface area contributed by atoms with Gasteiger partial charge in [-0.3, -0.25) is 4.90 Å². The van der Waals surface area contributed by atoms with E-state index in [-0.39, 0.29) is 5.54 Å². The summed E-state index contributed by atoms with van der Waals surface area (Å²) in [4.78, 5) is 2.23. The highest BCUT2D eigenvalue weighted by atomic mass is 35.5. The van der Waals surface area contributed by atoms with Crippen LogP contribution in [0.5, 0.6) is 5.75 Å². The van der Waals surface area contributed by atoms with Gasteiger partial charge in [0, 0.05) is 5.54 Å². The van der Waals surface area contributed by atoms with Gasteiger partial charge in [0.2, 0.25) is 0 Å². The number of rotatable bonds is 6. The van der Waals surface area contributed by atoms with Gasteiger partial charge >= 0.3 is 0 Å². The number of benzene rings is 1. The van der Waals surface area contributed by atoms with Crippen LogP contribution in [0, 0.1) is 0 Å². The van der Waals surface area contributed by atoms with Gasteiger partial charge in [0.15, 0.2) is 0 Å². The summed E-state index contributed by atoms with van der Waals surface area (Å²) in [6.45, 7) is 10.1. The summed E-state index contributed by atoms with van der Waals surface area (Å²) in [7, 11) is 1.58. The average Bonchev–Trinajstić information content (AvgIpc) is 2.39. The maximum atomic E-state index is 10.7. The molecule has 0 saturated heterocycles. The second-order valence-corrected chi connectivity index (χ2v) is 5.53. The molecule has 1 N–H and O–H groups in total. The predicted octanol–water partition coefficient (Wildman–Crippen LogP) is 3.50. The molecule has 3 nitrogen and oxygen atoms in total. The van der Waals surface area contributed by atoms with Crippen molar-refractivity contribution in [1.82, 2.24) is 4.90 Å². The maximum Gasteiger partial charge on any atom is 0.137 e. The van der Waals surface area contributed by atoms with Gasteiger partial charge in [-0.1, -0.05) is 31.5 Å². The van der Waals surface area contributed by atoms with Crippen LogP contribution < -0.4 is 4.74 Å². The molecule has 1 atom stereocenters. The minimum absolute atomic E-state index is 0.345. The lowest BCUT2D eigenvalue weighted by molar-refractivity contribution is -0.00635. The quantitative estimate of drug-likeness (QED) is 0.868. The van der Waals surface area contributed by atoms with E-state index in [2.05, 4.69) is 18.7 Å². The highest BCUT2D eigenvalue weighted by Gasteiger charge is 2.34. The normalized spacial score (nSPS) is 13.7. The Hall–Kier alpha value is -0.770. The fourth-order valence-electron chi connectivity index (χ4n) is 2.47. The molecule has 1 aromatic carbocycles. The maximum absolute atomic E-state index is 10.7. The number of aliphatic hydroxyl groups excluding tert-OH is 1. The van der Waals surface area contributed by atoms with Crippen molar-refractivity contribution in [2.45, 2.75) is 39.3 Å². The van der Waals surface area contributed by atoms with Gasteiger partial charge in [0.1, 0.15) is 5.75 Å². The lowest BCUT2D eigenvalue weighted by atomic mass is 9.89. The monoisotopic (exact) mass is 285 g/mol. The molecule has 0 heterocycles. The van der Waals surface area contributed by atoms with E-state index in [4.69, 9.17) is 16.3 Å². The van der Waals surface area contributed by atoms with Crippen LogP contribution in [0.15, 0.2) is 18.2 Å². The number of hydrogen-bond donors (Lipinski definition) is 1. The Bertz CT molecular complexity index is 417. The van der Waals surface area contributed by atoms with E-state index in [1.165, 1.54) is 0 Å². The first-order chi connectivity index (χ1) is 8.88. The molecular weight excluding hydrogens is 262 g/mol. The highest BCUT2D eigenvalue weighted by Crippen LogP contribution is 2.34. The summed E-state index contributed by atoms with van der Waals surface area (Å²) in [6.07, 6.45) is -0.599. The van der Waals surface area contributed by atoms with Gasteiger partial charge in [-0.25, -0.2) is 0 Å². The lowest BCUT2D eigenvalue weighted by Gasteiger charge is -2.41. The number of hydrogen-bond acceptors (Lipinski definition) is 3. The summed E-state index contributed by atoms with van der Waals surface area (Å²) in [6, 6.07) is 5.41. The average molecular weight is 286 g/mol. The number of aliphatic hydroxyl groups is 1. The van der Waals surface area contributed by atoms with E-state index in [1.807, 2.05) is 19.9 Å². The van der Waals surface area contributed by atoms with Crippen molar-refractivity contribution in [1.29, 1.82) is 0 Å². The van der Waals surface area contributed by atoms with Gasteiger partial charge in [-0.2, -0.15) is 0 Å². The number of methoxy groups -OCH3 is 1. The number of ether oxygens (including phenoxy) is 1. The molecule has 108 valence electrons. The van der Waals surface area contributed by atoms with Crippen LogP contribution in [-0.4, -0.2) is 35.7 Å². The van der Waals surface area contributed by atoms with Crippen molar-refractivity contribution < 1.29 is 9.84 Å². The molecule has 4 heteroatoms. The summed E-state index contributed by atoms with van der Waals surface area (Å²) < 4.78 is 5.20. The molecule has 1 aromatic rings. The molecule has 0 aliphatic heterocycles. The van der Waals surface area contributed by atoms with Gasteiger partial charge in [-0.05, 0) is 44.6 Å². The van der Waals surface area contributed by atoms with Crippen LogP contribution in [0.1, 0.15) is 39.4 Å². The second-order valence-electron chi connectivity index (χ2n) is 5.12. The predicted molar refractivity (Wildman–Crippen MR) is 80.0 cm³/mol. The van der Waals surface area contributed by atoms with E-state index >= 15 is 0 Å². The molecule has 0 radical (unpaired) electrons. The van der Waals surface area contributed by atoms with Crippen molar-refractivity contribution in [2.24, 2.45) is 0 Å². The van der Waals surface area contributed by atoms with Crippen LogP contribution >= 0.6 is 11.6 Å². The third kappa shape index (κ3) is 3.41. The van der Waals surface area contributed by atoms with Crippen LogP contribution in [0.25, 0.3) is 0 Å². The zero-order valence-corrected chi connectivity index (χ0v) is 13.2. The Morgan fingerprint density at radius 2 is 1.89 bits per heavy atom. The number of likely N-dealkylation sites (N-methyl/N-ethyl adjacent to an activating group) is 1. The molecule has 0 saturated carbocycles. The van der Waals surface area contributed by atoms with E-state index in [1.54, 1.807) is 19.2 Å². The van der Waals surface area contributed by atoms with Gasteiger partial charge in [-0.15, -0.1) is 0 Å². The van der Waals surface area contributed by atoms with E-state index in [0.717, 1.165) is 18.7 Å². The third-order valence-electron chi connectivity index (χ3n) is 3.74. The third-order valence-corrected chi connectivity index (χ3v) is 4.05. The summed E-state index contributed by atoms with van der Waals surface area (Å²) in [5, 5.41) is 11.2. The molecule has 19 heavy (non-hydrogen) atoms. The first-order valence-electron chi connectivity index (χ1n) is 6.65. The zero-order valence-electron chi connectivity index (χ0n) is 12.4. The smallest absolute Gasteiger partial charge is 0.137 e. The van der Waals surface area contributed by atoms with Crippen LogP contribution in [0.3, 0.4) is 0 Å². The first-order valence-corrected chi connectivity index (χ1v) is 7.02. The van der Waals surface area contributed by atoms with Crippen molar-refractivity contribution >= 4 is 11.6 Å². The molecule has 0 amide bonds. The zero-order chi connectivity index (χ0) is 14.6. The van der Waals surface area contributed by atoms with Gasteiger partial charge in [0.25, 0.3) is 0 Å². The first kappa shape index (κ1) is 16.3. The highest BCUT2D eigenvalue weighted by molar-refractivity contribution is 6.32. The van der Waals surface area contributed by atoms with Crippen LogP contribution in [0.4, 0.5) is 0 Å². The van der Waals surface area contributed by atoms with Crippen LogP contribution in [0.2, 0.25) is 5.02 Å². The standard InChI is InChI=1S/C15H24ClNO2/c1-6-17(7-2)15(3,4)14(18)11-8-9-12(16)13(10-11)19-5/h8-10,14,18H,6-7H2,1-5H3. The Morgan fingerprint density at radius 1 is 1.32 bits per heavy atom. The summed E-state index contributed by atoms with van der Waals surface area (Å²) >= 11 is 6.02. The van der Waals surface area contributed by atoms with Crippen molar-refractivity contribution in [3.05, 3.63) is 28.8 Å². The number of halogens is 1. The second kappa shape index (κ2) is 6.60. The molecule has 0 aliphatic carbocycles. The molecule has 0 aromatic heterocycles.